The number of aromatic nitrogens is 3. The summed E-state index contributed by atoms with van der Waals surface area (Å²) < 4.78 is 67.1. The van der Waals surface area contributed by atoms with Crippen molar-refractivity contribution in [2.24, 2.45) is 15.9 Å². The number of hydrogen-bond acceptors (Lipinski definition) is 18. The number of aliphatic hydroxyl groups excluding tert-OH is 1. The standard InChI is InChI=1S/C22H28N8O10P2S3/c1-8-27-20-16(21(32)28-8)26-7-30(20)22-17-9(3-31)12(38-22)4-35-41(33,43)39-10-2-11(37-13(10)5-36-42(34,44)40-17)18-14-15(29-45-18)19(23)25-6-24-14/h6-7,9-13,16-17,20,22,31H,2-5H2,1H3,(H,33,43)(H,34,44)(H2,23,24,25)(H,27,28,32)/t9-,10+,11-,12-,13-,16?,17-,20?,22-,41+,42-/m1/s1. The highest BCUT2D eigenvalue weighted by Crippen LogP contribution is 2.60. The summed E-state index contributed by atoms with van der Waals surface area (Å²) in [6.45, 7) is -7.84. The number of rotatable bonds is 3. The maximum atomic E-state index is 13.7. The van der Waals surface area contributed by atoms with Crippen molar-refractivity contribution in [1.82, 2.24) is 24.6 Å². The van der Waals surface area contributed by atoms with Gasteiger partial charge in [0, 0.05) is 12.3 Å². The summed E-state index contributed by atoms with van der Waals surface area (Å²) >= 11 is 9.54. The Bertz CT molecular complexity index is 1670. The molecule has 0 radical (unpaired) electrons. The Kier molecular flexibility index (Phi) is 8.53. The molecule has 1 amide bonds. The van der Waals surface area contributed by atoms with Crippen LogP contribution in [0.1, 0.15) is 24.3 Å². The van der Waals surface area contributed by atoms with Gasteiger partial charge in [0.05, 0.1) is 49.3 Å². The minimum atomic E-state index is -4.19. The van der Waals surface area contributed by atoms with Gasteiger partial charge in [0.1, 0.15) is 35.4 Å². The van der Waals surface area contributed by atoms with Gasteiger partial charge in [0.15, 0.2) is 24.3 Å². The quantitative estimate of drug-likeness (QED) is 0.222. The van der Waals surface area contributed by atoms with E-state index in [1.165, 1.54) is 17.6 Å². The van der Waals surface area contributed by atoms with E-state index in [1.807, 2.05) is 0 Å². The first-order valence-corrected chi connectivity index (χ1v) is 19.8. The topological polar surface area (TPSA) is 231 Å². The molecule has 4 N–H and O–H groups in total. The monoisotopic (exact) mass is 722 g/mol. The summed E-state index contributed by atoms with van der Waals surface area (Å²) in [5.74, 6) is -0.636. The van der Waals surface area contributed by atoms with E-state index in [-0.39, 0.29) is 31.4 Å². The Morgan fingerprint density at radius 1 is 1.11 bits per heavy atom. The van der Waals surface area contributed by atoms with Gasteiger partial charge in [-0.15, -0.1) is 0 Å². The highest BCUT2D eigenvalue weighted by atomic mass is 32.7. The average molecular weight is 723 g/mol. The second-order valence-corrected chi connectivity index (χ2v) is 17.4. The molecule has 2 aromatic heterocycles. The number of nitrogens with two attached hydrogens (primary N) is 1. The predicted molar refractivity (Wildman–Crippen MR) is 165 cm³/mol. The van der Waals surface area contributed by atoms with Crippen LogP contribution >= 0.6 is 49.6 Å². The number of fused-ring (bicyclic) bond motifs is 5. The van der Waals surface area contributed by atoms with Crippen LogP contribution in [0.4, 0.5) is 5.82 Å². The Balaban J connectivity index is 1.16. The second-order valence-electron chi connectivity index (χ2n) is 10.8. The summed E-state index contributed by atoms with van der Waals surface area (Å²) in [6, 6.07) is -0.862. The molecule has 5 aliphatic heterocycles. The largest absolute Gasteiger partial charge is 0.396 e. The van der Waals surface area contributed by atoms with Crippen molar-refractivity contribution in [3.8, 4) is 0 Å². The zero-order valence-corrected chi connectivity index (χ0v) is 27.7. The summed E-state index contributed by atoms with van der Waals surface area (Å²) in [4.78, 5) is 31.7. The molecule has 23 heteroatoms. The summed E-state index contributed by atoms with van der Waals surface area (Å²) in [5.41, 5.74) is 6.86. The number of aliphatic hydroxyl groups is 1. The molecule has 3 saturated heterocycles. The van der Waals surface area contributed by atoms with Gasteiger partial charge in [0.25, 0.3) is 5.91 Å². The average Bonchev–Trinajstić information content (AvgIpc) is 3.74. The van der Waals surface area contributed by atoms with Gasteiger partial charge in [-0.05, 0) is 18.5 Å². The first-order chi connectivity index (χ1) is 21.4. The predicted octanol–water partition coefficient (Wildman–Crippen LogP) is 1.31. The first kappa shape index (κ1) is 31.8. The molecule has 2 unspecified atom stereocenters. The molecule has 2 bridgehead atoms. The normalized spacial score (nSPS) is 42.0. The van der Waals surface area contributed by atoms with E-state index in [4.69, 9.17) is 33.3 Å². The number of anilines is 1. The molecule has 3 fully saturated rings. The van der Waals surface area contributed by atoms with Crippen LogP contribution in [0.15, 0.2) is 16.3 Å². The maximum absolute atomic E-state index is 13.7. The van der Waals surface area contributed by atoms with E-state index in [2.05, 4.69) is 54.1 Å². The first-order valence-electron chi connectivity index (χ1n) is 13.7. The van der Waals surface area contributed by atoms with E-state index < -0.39 is 75.1 Å². The van der Waals surface area contributed by atoms with Crippen molar-refractivity contribution in [2.45, 2.75) is 62.3 Å². The molecule has 2 aromatic rings. The smallest absolute Gasteiger partial charge is 0.386 e. The van der Waals surface area contributed by atoms with Crippen LogP contribution in [0.25, 0.3) is 11.0 Å². The highest BCUT2D eigenvalue weighted by molar-refractivity contribution is 8.44. The molecular weight excluding hydrogens is 694 g/mol. The van der Waals surface area contributed by atoms with Crippen LogP contribution < -0.4 is 11.1 Å². The molecule has 0 spiro atoms. The van der Waals surface area contributed by atoms with Crippen LogP contribution in [-0.2, 0) is 41.5 Å². The third-order valence-electron chi connectivity index (χ3n) is 7.99. The van der Waals surface area contributed by atoms with Crippen molar-refractivity contribution in [3.63, 3.8) is 0 Å². The number of ether oxygens (including phenoxy) is 2. The lowest BCUT2D eigenvalue weighted by atomic mass is 9.99. The molecule has 0 saturated carbocycles. The van der Waals surface area contributed by atoms with E-state index in [9.17, 15) is 19.0 Å². The molecule has 244 valence electrons. The van der Waals surface area contributed by atoms with Gasteiger partial charge in [-0.25, -0.2) is 24.1 Å². The van der Waals surface area contributed by atoms with Crippen molar-refractivity contribution in [1.29, 1.82) is 0 Å². The second kappa shape index (κ2) is 12.1. The van der Waals surface area contributed by atoms with Crippen molar-refractivity contribution >= 4 is 84.6 Å². The van der Waals surface area contributed by atoms with Crippen LogP contribution in [0.5, 0.6) is 0 Å². The fraction of sp³-hybridized carbons (Fsp3) is 0.636. The molecule has 7 rings (SSSR count). The lowest BCUT2D eigenvalue weighted by Crippen LogP contribution is -2.55. The van der Waals surface area contributed by atoms with Gasteiger partial charge in [-0.1, -0.05) is 24.5 Å². The number of nitrogen functional groups attached to an aromatic ring is 1. The number of nitrogens with zero attached hydrogens (tertiary/aromatic N) is 6. The van der Waals surface area contributed by atoms with Crippen molar-refractivity contribution in [3.05, 3.63) is 11.2 Å². The Morgan fingerprint density at radius 3 is 2.64 bits per heavy atom. The highest BCUT2D eigenvalue weighted by Gasteiger charge is 2.55. The van der Waals surface area contributed by atoms with E-state index in [1.54, 1.807) is 6.92 Å². The summed E-state index contributed by atoms with van der Waals surface area (Å²) in [6.07, 6.45) is -3.51. The number of thiol groups is 2. The molecule has 0 aliphatic carbocycles. The van der Waals surface area contributed by atoms with Gasteiger partial charge >= 0.3 is 13.6 Å². The zero-order valence-electron chi connectivity index (χ0n) is 23.3. The number of carbonyl (C=O) groups excluding carboxylic acids is 1. The number of amidine groups is 1. The molecule has 7 heterocycles. The third-order valence-corrected chi connectivity index (χ3v) is 12.2. The zero-order chi connectivity index (χ0) is 31.7. The molecule has 11 atom stereocenters. The Hall–Kier alpha value is -1.74. The number of hydrogen-bond donors (Lipinski definition) is 5. The number of carbonyl (C=O) groups is 1. The number of amides is 1. The van der Waals surface area contributed by atoms with E-state index in [0.717, 1.165) is 11.5 Å². The molecule has 18 nitrogen and oxygen atoms in total. The SMILES string of the molecule is CC1=NC2C(N=CN2[C@@H]2O[C@@H]3CO[P@](=O)(S)O[C@H]4C[C@H](c5snc6c(N)ncnc56)O[C@@H]4CO[P@@](=O)(S)O[C@@H]2[C@@H]3CO)C(=O)N1. The maximum Gasteiger partial charge on any atom is 0.386 e. The Morgan fingerprint density at radius 2 is 1.87 bits per heavy atom. The van der Waals surface area contributed by atoms with Gasteiger partial charge in [-0.2, -0.15) is 4.37 Å². The van der Waals surface area contributed by atoms with E-state index >= 15 is 0 Å². The third kappa shape index (κ3) is 6.07. The van der Waals surface area contributed by atoms with Crippen LogP contribution in [-0.4, -0.2) is 105 Å². The van der Waals surface area contributed by atoms with Crippen LogP contribution in [0.3, 0.4) is 0 Å². The Labute approximate surface area is 270 Å². The number of nitrogens with one attached hydrogen (secondary N) is 1. The molecular formula is C22H28N8O10P2S3. The van der Waals surface area contributed by atoms with Gasteiger partial charge < -0.3 is 30.5 Å². The fourth-order valence-corrected chi connectivity index (χ4v) is 9.80. The van der Waals surface area contributed by atoms with Gasteiger partial charge in [0.2, 0.25) is 0 Å². The minimum absolute atomic E-state index is 0.176. The van der Waals surface area contributed by atoms with Crippen molar-refractivity contribution < 1.29 is 46.6 Å². The summed E-state index contributed by atoms with van der Waals surface area (Å²) in [5, 5.41) is 13.0. The van der Waals surface area contributed by atoms with Crippen LogP contribution in [0.2, 0.25) is 0 Å². The summed E-state index contributed by atoms with van der Waals surface area (Å²) in [7, 11) is 0. The molecule has 45 heavy (non-hydrogen) atoms. The van der Waals surface area contributed by atoms with E-state index in [0.29, 0.717) is 21.7 Å². The van der Waals surface area contributed by atoms with Gasteiger partial charge in [-0.3, -0.25) is 27.9 Å². The fourth-order valence-electron chi connectivity index (χ4n) is 5.91. The lowest BCUT2D eigenvalue weighted by Gasteiger charge is -2.35. The van der Waals surface area contributed by atoms with Crippen LogP contribution in [0, 0.1) is 5.92 Å². The molecule has 0 aromatic carbocycles. The minimum Gasteiger partial charge on any atom is -0.396 e. The van der Waals surface area contributed by atoms with Crippen molar-refractivity contribution in [2.75, 3.05) is 25.6 Å². The lowest BCUT2D eigenvalue weighted by molar-refractivity contribution is -0.124. The number of aliphatic imine (C=N–C) groups is 2. The molecule has 5 aliphatic rings.